The maximum atomic E-state index is 13.9. The van der Waals surface area contributed by atoms with Crippen molar-refractivity contribution in [2.45, 2.75) is 12.6 Å². The van der Waals surface area contributed by atoms with Crippen LogP contribution in [0.1, 0.15) is 27.7 Å². The van der Waals surface area contributed by atoms with Crippen LogP contribution >= 0.6 is 11.3 Å². The van der Waals surface area contributed by atoms with Gasteiger partial charge in [-0.2, -0.15) is 5.10 Å². The summed E-state index contributed by atoms with van der Waals surface area (Å²) < 4.78 is 29.8. The average molecular weight is 454 g/mol. The van der Waals surface area contributed by atoms with Gasteiger partial charge in [0.25, 0.3) is 5.91 Å². The third kappa shape index (κ3) is 3.09. The van der Waals surface area contributed by atoms with Gasteiger partial charge in [-0.25, -0.2) is 18.6 Å². The number of rotatable bonds is 3. The minimum atomic E-state index is -1.07. The number of hydrogen-bond acceptors (Lipinski definition) is 5. The lowest BCUT2D eigenvalue weighted by atomic mass is 9.94. The second kappa shape index (κ2) is 7.38. The number of carbonyl (C=O) groups excluding carboxylic acids is 2. The van der Waals surface area contributed by atoms with Gasteiger partial charge >= 0.3 is 6.03 Å². The highest BCUT2D eigenvalue weighted by Gasteiger charge is 2.38. The summed E-state index contributed by atoms with van der Waals surface area (Å²) in [6.07, 6.45) is 0. The number of thiazole rings is 1. The van der Waals surface area contributed by atoms with Crippen molar-refractivity contribution in [2.24, 2.45) is 11.5 Å². The molecule has 0 spiro atoms. The number of nitrogens with zero attached hydrogens (tertiary/aromatic N) is 4. The third-order valence-electron chi connectivity index (χ3n) is 5.51. The fraction of sp³-hybridized carbons (Fsp3) is 0.143. The van der Waals surface area contributed by atoms with E-state index >= 15 is 0 Å². The average Bonchev–Trinajstić information content (AvgIpc) is 3.38. The molecule has 3 amide bonds. The van der Waals surface area contributed by atoms with Gasteiger partial charge in [0, 0.05) is 12.1 Å². The van der Waals surface area contributed by atoms with Crippen LogP contribution in [0.15, 0.2) is 41.9 Å². The number of amides is 3. The minimum absolute atomic E-state index is 0.0244. The summed E-state index contributed by atoms with van der Waals surface area (Å²) in [7, 11) is 0. The van der Waals surface area contributed by atoms with Crippen molar-refractivity contribution in [3.63, 3.8) is 0 Å². The van der Waals surface area contributed by atoms with E-state index in [2.05, 4.69) is 10.1 Å². The highest BCUT2D eigenvalue weighted by molar-refractivity contribution is 7.16. The molecule has 1 unspecified atom stereocenters. The Labute approximate surface area is 184 Å². The highest BCUT2D eigenvalue weighted by Crippen LogP contribution is 2.39. The van der Waals surface area contributed by atoms with Gasteiger partial charge in [0.1, 0.15) is 11.7 Å². The van der Waals surface area contributed by atoms with Crippen molar-refractivity contribution in [1.82, 2.24) is 19.7 Å². The molecule has 4 aromatic rings. The summed E-state index contributed by atoms with van der Waals surface area (Å²) >= 11 is 1.43. The van der Waals surface area contributed by atoms with Crippen LogP contribution in [0.3, 0.4) is 0 Å². The van der Waals surface area contributed by atoms with Crippen molar-refractivity contribution in [2.75, 3.05) is 6.54 Å². The Kier molecular flexibility index (Phi) is 4.63. The third-order valence-corrected chi connectivity index (χ3v) is 6.30. The molecule has 11 heteroatoms. The molecule has 5 rings (SSSR count). The molecule has 0 bridgehead atoms. The quantitative estimate of drug-likeness (QED) is 0.494. The number of hydrogen-bond donors (Lipinski definition) is 2. The maximum Gasteiger partial charge on any atom is 0.315 e. The van der Waals surface area contributed by atoms with E-state index in [0.29, 0.717) is 11.3 Å². The lowest BCUT2D eigenvalue weighted by Gasteiger charge is -2.35. The monoisotopic (exact) mass is 454 g/mol. The van der Waals surface area contributed by atoms with Crippen molar-refractivity contribution >= 4 is 33.5 Å². The Balaban J connectivity index is 1.76. The molecule has 8 nitrogen and oxygen atoms in total. The van der Waals surface area contributed by atoms with Gasteiger partial charge in [0.15, 0.2) is 11.6 Å². The first-order valence-electron chi connectivity index (χ1n) is 9.60. The van der Waals surface area contributed by atoms with Crippen LogP contribution in [-0.2, 0) is 6.54 Å². The van der Waals surface area contributed by atoms with Gasteiger partial charge in [-0.05, 0) is 35.9 Å². The molecule has 0 aliphatic carbocycles. The first kappa shape index (κ1) is 20.1. The predicted octanol–water partition coefficient (Wildman–Crippen LogP) is 3.02. The molecule has 0 saturated heterocycles. The topological polar surface area (TPSA) is 120 Å². The van der Waals surface area contributed by atoms with Crippen LogP contribution in [0.2, 0.25) is 0 Å². The van der Waals surface area contributed by atoms with Gasteiger partial charge in [0.05, 0.1) is 33.5 Å². The normalized spacial score (nSPS) is 15.7. The zero-order valence-electron chi connectivity index (χ0n) is 16.5. The second-order valence-corrected chi connectivity index (χ2v) is 8.23. The van der Waals surface area contributed by atoms with Crippen molar-refractivity contribution in [3.8, 4) is 11.3 Å². The number of carbonyl (C=O) groups is 2. The molecule has 1 atom stereocenters. The van der Waals surface area contributed by atoms with E-state index in [9.17, 15) is 18.4 Å². The lowest BCUT2D eigenvalue weighted by Crippen LogP contribution is -2.46. The smallest absolute Gasteiger partial charge is 0.315 e. The second-order valence-electron chi connectivity index (χ2n) is 7.34. The molecule has 3 heterocycles. The Morgan fingerprint density at radius 2 is 1.88 bits per heavy atom. The minimum Gasteiger partial charge on any atom is -0.365 e. The van der Waals surface area contributed by atoms with E-state index in [-0.39, 0.29) is 29.9 Å². The van der Waals surface area contributed by atoms with Crippen LogP contribution in [0.5, 0.6) is 0 Å². The largest absolute Gasteiger partial charge is 0.365 e. The fourth-order valence-corrected chi connectivity index (χ4v) is 4.83. The summed E-state index contributed by atoms with van der Waals surface area (Å²) in [5.74, 6) is -2.90. The van der Waals surface area contributed by atoms with E-state index in [1.807, 2.05) is 12.1 Å². The van der Waals surface area contributed by atoms with Crippen LogP contribution < -0.4 is 11.5 Å². The molecule has 0 saturated carbocycles. The number of nitrogens with two attached hydrogens (primary N) is 2. The summed E-state index contributed by atoms with van der Waals surface area (Å²) in [6.45, 7) is 0.492. The van der Waals surface area contributed by atoms with Gasteiger partial charge in [-0.15, -0.1) is 11.3 Å². The molecule has 4 N–H and O–H groups in total. The van der Waals surface area contributed by atoms with Crippen LogP contribution in [-0.4, -0.2) is 38.1 Å². The SMILES string of the molecule is NC(=O)c1c(-c2ccc(F)c(F)c2)nn2c1C(c1ccc3ncsc3c1)N(C(N)=O)CC2. The standard InChI is InChI=1S/C21H16F2N6O2S/c22-12-3-1-10(7-13(12)23)17-16(20(24)30)19-18(28(21(25)31)5-6-29(19)27-17)11-2-4-14-15(8-11)32-9-26-14/h1-4,7-9,18H,5-6H2,(H2,24,30)(H2,25,31). The summed E-state index contributed by atoms with van der Waals surface area (Å²) in [4.78, 5) is 30.6. The van der Waals surface area contributed by atoms with Gasteiger partial charge in [-0.3, -0.25) is 9.48 Å². The number of benzene rings is 2. The zero-order chi connectivity index (χ0) is 22.6. The predicted molar refractivity (Wildman–Crippen MR) is 114 cm³/mol. The molecule has 0 fully saturated rings. The van der Waals surface area contributed by atoms with E-state index in [0.717, 1.165) is 22.3 Å². The number of fused-ring (bicyclic) bond motifs is 2. The van der Waals surface area contributed by atoms with Crippen molar-refractivity contribution < 1.29 is 18.4 Å². The van der Waals surface area contributed by atoms with E-state index < -0.39 is 29.6 Å². The van der Waals surface area contributed by atoms with E-state index in [1.54, 1.807) is 16.3 Å². The molecule has 1 aliphatic heterocycles. The number of aromatic nitrogens is 3. The highest BCUT2D eigenvalue weighted by atomic mass is 32.1. The summed E-state index contributed by atoms with van der Waals surface area (Å²) in [5, 5.41) is 4.47. The molecule has 162 valence electrons. The van der Waals surface area contributed by atoms with Gasteiger partial charge in [0.2, 0.25) is 0 Å². The van der Waals surface area contributed by atoms with Gasteiger partial charge < -0.3 is 16.4 Å². The van der Waals surface area contributed by atoms with Crippen LogP contribution in [0.4, 0.5) is 13.6 Å². The van der Waals surface area contributed by atoms with E-state index in [4.69, 9.17) is 11.5 Å². The molecular weight excluding hydrogens is 438 g/mol. The zero-order valence-corrected chi connectivity index (χ0v) is 17.3. The van der Waals surface area contributed by atoms with Crippen LogP contribution in [0, 0.1) is 11.6 Å². The Morgan fingerprint density at radius 1 is 1.06 bits per heavy atom. The number of urea groups is 1. The van der Waals surface area contributed by atoms with E-state index in [1.165, 1.54) is 22.3 Å². The lowest BCUT2D eigenvalue weighted by molar-refractivity contribution is 0.0995. The van der Waals surface area contributed by atoms with Crippen molar-refractivity contribution in [3.05, 3.63) is 70.4 Å². The molecule has 2 aromatic carbocycles. The van der Waals surface area contributed by atoms with Crippen LogP contribution in [0.25, 0.3) is 21.5 Å². The molecule has 1 aliphatic rings. The first-order chi connectivity index (χ1) is 15.3. The number of primary amides is 2. The summed E-state index contributed by atoms with van der Waals surface area (Å²) in [6, 6.07) is 7.31. The Morgan fingerprint density at radius 3 is 2.59 bits per heavy atom. The number of halogens is 2. The molecule has 32 heavy (non-hydrogen) atoms. The maximum absolute atomic E-state index is 13.9. The molecule has 0 radical (unpaired) electrons. The molecule has 2 aromatic heterocycles. The Hall–Kier alpha value is -3.86. The van der Waals surface area contributed by atoms with Crippen molar-refractivity contribution in [1.29, 1.82) is 0 Å². The summed E-state index contributed by atoms with van der Waals surface area (Å²) in [5.41, 5.74) is 15.3. The first-order valence-corrected chi connectivity index (χ1v) is 10.5. The fourth-order valence-electron chi connectivity index (χ4n) is 4.11. The Bertz CT molecular complexity index is 1400. The molecular formula is C21H16F2N6O2S. The van der Waals surface area contributed by atoms with Gasteiger partial charge in [-0.1, -0.05) is 6.07 Å².